The smallest absolute Gasteiger partial charge is 0.256 e. The van der Waals surface area contributed by atoms with Crippen molar-refractivity contribution < 1.29 is 14.4 Å². The molecule has 6 rings (SSSR count). The van der Waals surface area contributed by atoms with Crippen molar-refractivity contribution in [3.8, 4) is 11.1 Å². The average molecular weight is 499 g/mol. The molecule has 2 N–H and O–H groups in total. The first kappa shape index (κ1) is 23.6. The molecule has 3 aromatic rings. The number of aryl methyl sites for hydroxylation is 1. The number of hydrogen-bond acceptors (Lipinski definition) is 6. The van der Waals surface area contributed by atoms with Gasteiger partial charge in [-0.05, 0) is 62.1 Å². The molecule has 0 unspecified atom stereocenters. The van der Waals surface area contributed by atoms with E-state index >= 15 is 0 Å². The lowest BCUT2D eigenvalue weighted by Gasteiger charge is -2.25. The quantitative estimate of drug-likeness (QED) is 0.491. The third-order valence-electron chi connectivity index (χ3n) is 7.08. The second-order valence-electron chi connectivity index (χ2n) is 9.48. The van der Waals surface area contributed by atoms with Gasteiger partial charge in [0.05, 0.1) is 31.6 Å². The summed E-state index contributed by atoms with van der Waals surface area (Å²) >= 11 is 0. The predicted octanol–water partition coefficient (Wildman–Crippen LogP) is 4.41. The highest BCUT2D eigenvalue weighted by Crippen LogP contribution is 2.37. The Morgan fingerprint density at radius 1 is 1.16 bits per heavy atom. The van der Waals surface area contributed by atoms with Gasteiger partial charge in [-0.15, -0.1) is 0 Å². The summed E-state index contributed by atoms with van der Waals surface area (Å²) in [5, 5.41) is 9.45. The Hall–Kier alpha value is -3.79. The Morgan fingerprint density at radius 3 is 2.84 bits per heavy atom. The number of anilines is 1. The number of benzene rings is 1. The van der Waals surface area contributed by atoms with Crippen molar-refractivity contribution in [1.29, 1.82) is 0 Å². The lowest BCUT2D eigenvalue weighted by atomic mass is 10.00. The van der Waals surface area contributed by atoms with Gasteiger partial charge in [0.15, 0.2) is 0 Å². The van der Waals surface area contributed by atoms with E-state index in [1.54, 1.807) is 4.68 Å². The van der Waals surface area contributed by atoms with Crippen LogP contribution in [-0.2, 0) is 21.0 Å². The van der Waals surface area contributed by atoms with Gasteiger partial charge in [0.2, 0.25) is 0 Å². The molecule has 1 amide bonds. The van der Waals surface area contributed by atoms with Gasteiger partial charge in [0, 0.05) is 59.3 Å². The molecule has 37 heavy (non-hydrogen) atoms. The summed E-state index contributed by atoms with van der Waals surface area (Å²) in [4.78, 5) is 26.9. The Balaban J connectivity index is 1.27. The number of morpholine rings is 1. The number of aromatic amines is 1. The highest BCUT2D eigenvalue weighted by molar-refractivity contribution is 6.35. The normalized spacial score (nSPS) is 18.8. The molecule has 5 heterocycles. The van der Waals surface area contributed by atoms with Crippen molar-refractivity contribution in [2.45, 2.75) is 33.3 Å². The van der Waals surface area contributed by atoms with Crippen LogP contribution < -0.4 is 5.32 Å². The maximum absolute atomic E-state index is 13.0. The van der Waals surface area contributed by atoms with Gasteiger partial charge in [0.25, 0.3) is 5.91 Å². The van der Waals surface area contributed by atoms with Crippen LogP contribution in [-0.4, -0.2) is 58.3 Å². The van der Waals surface area contributed by atoms with Crippen LogP contribution >= 0.6 is 0 Å². The minimum atomic E-state index is -0.109. The van der Waals surface area contributed by atoms with Crippen molar-refractivity contribution in [1.82, 2.24) is 19.8 Å². The summed E-state index contributed by atoms with van der Waals surface area (Å²) in [5.74, 6) is 0.726. The molecule has 9 nitrogen and oxygen atoms in total. The van der Waals surface area contributed by atoms with E-state index in [1.807, 2.05) is 54.9 Å². The molecule has 0 saturated carbocycles. The topological polar surface area (TPSA) is 96.8 Å². The molecule has 3 aliphatic heterocycles. The third kappa shape index (κ3) is 4.69. The number of nitrogens with zero attached hydrogens (tertiary/aromatic N) is 4. The molecule has 0 aliphatic carbocycles. The van der Waals surface area contributed by atoms with Crippen LogP contribution in [0.25, 0.3) is 28.6 Å². The molecular formula is C28H30N6O3. The van der Waals surface area contributed by atoms with Crippen molar-refractivity contribution in [2.24, 2.45) is 4.99 Å². The zero-order valence-corrected chi connectivity index (χ0v) is 21.1. The van der Waals surface area contributed by atoms with Crippen molar-refractivity contribution in [3.05, 3.63) is 64.7 Å². The number of carbonyl (C=O) groups is 1. The summed E-state index contributed by atoms with van der Waals surface area (Å²) in [5.41, 5.74) is 8.43. The highest BCUT2D eigenvalue weighted by atomic mass is 16.7. The fraction of sp³-hybridized carbons (Fsp3) is 0.321. The van der Waals surface area contributed by atoms with Crippen LogP contribution in [0.3, 0.4) is 0 Å². The summed E-state index contributed by atoms with van der Waals surface area (Å²) in [6.07, 6.45) is 11.7. The SMILES string of the molecule is Cc1[nH]c(/C=C2\C(=O)Nc3ccc(-c4cnn(C5=CCCC=N5)c4)cc32)c(C)c1CON1CCOCC1. The molecule has 3 aliphatic rings. The van der Waals surface area contributed by atoms with Crippen LogP contribution in [0.2, 0.25) is 0 Å². The molecule has 2 aromatic heterocycles. The summed E-state index contributed by atoms with van der Waals surface area (Å²) in [6, 6.07) is 6.01. The van der Waals surface area contributed by atoms with E-state index in [2.05, 4.69) is 33.4 Å². The van der Waals surface area contributed by atoms with E-state index < -0.39 is 0 Å². The molecule has 0 radical (unpaired) electrons. The Kier molecular flexibility index (Phi) is 6.33. The maximum atomic E-state index is 13.0. The highest BCUT2D eigenvalue weighted by Gasteiger charge is 2.26. The van der Waals surface area contributed by atoms with E-state index in [1.165, 1.54) is 0 Å². The number of hydrogen-bond donors (Lipinski definition) is 2. The summed E-state index contributed by atoms with van der Waals surface area (Å²) in [7, 11) is 0. The molecule has 9 heteroatoms. The van der Waals surface area contributed by atoms with Gasteiger partial charge >= 0.3 is 0 Å². The number of amides is 1. The number of nitrogens with one attached hydrogen (secondary N) is 2. The van der Waals surface area contributed by atoms with Crippen LogP contribution in [0.5, 0.6) is 0 Å². The van der Waals surface area contributed by atoms with Crippen molar-refractivity contribution in [2.75, 3.05) is 31.6 Å². The van der Waals surface area contributed by atoms with E-state index in [9.17, 15) is 4.79 Å². The second-order valence-corrected chi connectivity index (χ2v) is 9.48. The Morgan fingerprint density at radius 2 is 2.03 bits per heavy atom. The molecule has 1 fully saturated rings. The first-order valence-corrected chi connectivity index (χ1v) is 12.7. The predicted molar refractivity (Wildman–Crippen MR) is 144 cm³/mol. The van der Waals surface area contributed by atoms with E-state index in [-0.39, 0.29) is 5.91 Å². The average Bonchev–Trinajstić information content (AvgIpc) is 3.61. The lowest BCUT2D eigenvalue weighted by molar-refractivity contribution is -0.202. The van der Waals surface area contributed by atoms with Crippen molar-refractivity contribution in [3.63, 3.8) is 0 Å². The number of aliphatic imine (C=N–C) groups is 1. The van der Waals surface area contributed by atoms with Crippen LogP contribution in [0, 0.1) is 13.8 Å². The standard InChI is InChI=1S/C28H30N6O3/c1-18-24(17-37-33-9-11-36-12-10-33)19(2)31-26(18)14-23-22-13-20(6-7-25(22)32-28(23)35)21-15-30-34(16-21)27-5-3-4-8-29-27/h5-8,13-16,31H,3-4,9-12,17H2,1-2H3,(H,32,35)/b23-14-. The number of allylic oxidation sites excluding steroid dienone is 1. The fourth-order valence-corrected chi connectivity index (χ4v) is 4.91. The van der Waals surface area contributed by atoms with Crippen LogP contribution in [0.15, 0.2) is 41.7 Å². The zero-order chi connectivity index (χ0) is 25.4. The summed E-state index contributed by atoms with van der Waals surface area (Å²) < 4.78 is 7.19. The minimum Gasteiger partial charge on any atom is -0.379 e. The number of aromatic nitrogens is 3. The first-order valence-electron chi connectivity index (χ1n) is 12.7. The molecule has 0 bridgehead atoms. The van der Waals surface area contributed by atoms with Gasteiger partial charge in [-0.25, -0.2) is 9.67 Å². The van der Waals surface area contributed by atoms with Gasteiger partial charge < -0.3 is 15.0 Å². The fourth-order valence-electron chi connectivity index (χ4n) is 4.91. The van der Waals surface area contributed by atoms with Gasteiger partial charge in [-0.3, -0.25) is 9.63 Å². The van der Waals surface area contributed by atoms with Gasteiger partial charge in [-0.2, -0.15) is 10.2 Å². The van der Waals surface area contributed by atoms with Crippen LogP contribution in [0.4, 0.5) is 5.69 Å². The molecule has 1 aromatic carbocycles. The molecular weight excluding hydrogens is 468 g/mol. The number of ether oxygens (including phenoxy) is 1. The zero-order valence-electron chi connectivity index (χ0n) is 21.1. The lowest BCUT2D eigenvalue weighted by Crippen LogP contribution is -2.36. The molecule has 190 valence electrons. The number of H-pyrrole nitrogens is 1. The third-order valence-corrected chi connectivity index (χ3v) is 7.08. The maximum Gasteiger partial charge on any atom is 0.256 e. The summed E-state index contributed by atoms with van der Waals surface area (Å²) in [6.45, 7) is 7.49. The minimum absolute atomic E-state index is 0.109. The number of hydroxylamine groups is 2. The van der Waals surface area contributed by atoms with E-state index in [0.717, 1.165) is 76.6 Å². The molecule has 0 atom stereocenters. The monoisotopic (exact) mass is 498 g/mol. The van der Waals surface area contributed by atoms with E-state index in [4.69, 9.17) is 9.57 Å². The number of fused-ring (bicyclic) bond motifs is 1. The Labute approximate surface area is 215 Å². The number of carbonyl (C=O) groups excluding carboxylic acids is 1. The Bertz CT molecular complexity index is 1440. The molecule has 0 spiro atoms. The first-order chi connectivity index (χ1) is 18.1. The molecule has 1 saturated heterocycles. The van der Waals surface area contributed by atoms with Crippen LogP contribution in [0.1, 0.15) is 40.9 Å². The van der Waals surface area contributed by atoms with Gasteiger partial charge in [0.1, 0.15) is 5.82 Å². The van der Waals surface area contributed by atoms with Gasteiger partial charge in [-0.1, -0.05) is 6.07 Å². The number of rotatable bonds is 6. The largest absolute Gasteiger partial charge is 0.379 e. The second kappa shape index (κ2) is 9.93. The van der Waals surface area contributed by atoms with Crippen molar-refractivity contribution >= 4 is 35.3 Å². The van der Waals surface area contributed by atoms with E-state index in [0.29, 0.717) is 25.4 Å².